The summed E-state index contributed by atoms with van der Waals surface area (Å²) in [5.74, 6) is 0. The van der Waals surface area contributed by atoms with Crippen molar-refractivity contribution < 1.29 is 33.8 Å². The molecule has 0 fully saturated rings. The van der Waals surface area contributed by atoms with Gasteiger partial charge in [0.05, 0.1) is 0 Å². The number of rotatable bonds is 13. The van der Waals surface area contributed by atoms with Crippen molar-refractivity contribution in [2.45, 2.75) is 82.6 Å². The molecule has 0 rings (SSSR count). The van der Waals surface area contributed by atoms with Gasteiger partial charge in [0.1, 0.15) is 0 Å². The fourth-order valence-corrected chi connectivity index (χ4v) is 4.57. The van der Waals surface area contributed by atoms with E-state index in [-0.39, 0.29) is 6.42 Å². The molecule has 0 radical (unpaired) electrons. The molecule has 0 aliphatic heterocycles. The van der Waals surface area contributed by atoms with Crippen molar-refractivity contribution >= 4 is 15.2 Å². The first-order valence-corrected chi connectivity index (χ1v) is 11.1. The molecule has 0 aromatic rings. The topological polar surface area (TPSA) is 135 Å². The molecule has 0 saturated heterocycles. The van der Waals surface area contributed by atoms with E-state index >= 15 is 0 Å². The Labute approximate surface area is 132 Å². The van der Waals surface area contributed by atoms with E-state index in [1.54, 1.807) is 0 Å². The highest BCUT2D eigenvalue weighted by Gasteiger charge is 2.58. The molecule has 0 aromatic heterocycles. The average Bonchev–Trinajstić information content (AvgIpc) is 2.38. The highest BCUT2D eigenvalue weighted by atomic mass is 31.2. The number of hydrogen-bond acceptors (Lipinski definition) is 3. The Balaban J connectivity index is 3.94. The Bertz CT molecular complexity index is 366. The molecule has 0 aliphatic rings. The van der Waals surface area contributed by atoms with Crippen molar-refractivity contribution in [2.24, 2.45) is 0 Å². The van der Waals surface area contributed by atoms with Gasteiger partial charge >= 0.3 is 15.2 Å². The van der Waals surface area contributed by atoms with Gasteiger partial charge in [-0.2, -0.15) is 0 Å². The van der Waals surface area contributed by atoms with Crippen LogP contribution in [0.4, 0.5) is 0 Å². The molecule has 22 heavy (non-hydrogen) atoms. The molecule has 0 saturated carbocycles. The average molecular weight is 360 g/mol. The van der Waals surface area contributed by atoms with E-state index in [9.17, 15) is 14.2 Å². The van der Waals surface area contributed by atoms with E-state index in [2.05, 4.69) is 6.92 Å². The van der Waals surface area contributed by atoms with Gasteiger partial charge in [0.25, 0.3) is 5.08 Å². The minimum atomic E-state index is -5.29. The van der Waals surface area contributed by atoms with E-state index in [1.807, 2.05) is 0 Å². The minimum absolute atomic E-state index is 0.169. The second-order valence-electron chi connectivity index (χ2n) is 5.79. The molecule has 9 heteroatoms. The van der Waals surface area contributed by atoms with Gasteiger partial charge < -0.3 is 24.7 Å². The lowest BCUT2D eigenvalue weighted by atomic mass is 10.1. The Morgan fingerprint density at radius 1 is 0.682 bits per heavy atom. The van der Waals surface area contributed by atoms with E-state index in [0.717, 1.165) is 25.7 Å². The molecule has 7 nitrogen and oxygen atoms in total. The van der Waals surface area contributed by atoms with Crippen LogP contribution in [0.5, 0.6) is 0 Å². The van der Waals surface area contributed by atoms with Crippen LogP contribution in [-0.2, 0) is 9.13 Å². The zero-order chi connectivity index (χ0) is 17.3. The molecule has 0 unspecified atom stereocenters. The Morgan fingerprint density at radius 2 is 1.00 bits per heavy atom. The van der Waals surface area contributed by atoms with Crippen LogP contribution in [-0.4, -0.2) is 29.8 Å². The van der Waals surface area contributed by atoms with Crippen LogP contribution in [0.2, 0.25) is 0 Å². The zero-order valence-corrected chi connectivity index (χ0v) is 15.0. The Hall–Kier alpha value is 0.260. The van der Waals surface area contributed by atoms with Gasteiger partial charge in [-0.05, 0) is 12.8 Å². The lowest BCUT2D eigenvalue weighted by molar-refractivity contribution is 0.120. The molecule has 5 N–H and O–H groups in total. The number of hydrogen-bond donors (Lipinski definition) is 5. The van der Waals surface area contributed by atoms with E-state index in [0.29, 0.717) is 6.42 Å². The summed E-state index contributed by atoms with van der Waals surface area (Å²) < 4.78 is 22.3. The van der Waals surface area contributed by atoms with Gasteiger partial charge in [-0.25, -0.2) is 0 Å². The quantitative estimate of drug-likeness (QED) is 0.251. The van der Waals surface area contributed by atoms with Gasteiger partial charge in [-0.15, -0.1) is 0 Å². The maximum absolute atomic E-state index is 11.1. The summed E-state index contributed by atoms with van der Waals surface area (Å²) in [6.45, 7) is 2.16. The molecule has 0 aromatic carbocycles. The summed E-state index contributed by atoms with van der Waals surface area (Å²) in [6, 6.07) is 0. The van der Waals surface area contributed by atoms with Crippen LogP contribution in [0.15, 0.2) is 0 Å². The zero-order valence-electron chi connectivity index (χ0n) is 13.2. The molecule has 0 spiro atoms. The predicted octanol–water partition coefficient (Wildman–Crippen LogP) is 3.30. The first kappa shape index (κ1) is 22.3. The summed E-state index contributed by atoms with van der Waals surface area (Å²) in [7, 11) is -10.6. The second kappa shape index (κ2) is 10.2. The van der Waals surface area contributed by atoms with Crippen molar-refractivity contribution in [3.05, 3.63) is 0 Å². The molecule has 134 valence electrons. The lowest BCUT2D eigenvalue weighted by Crippen LogP contribution is -2.28. The van der Waals surface area contributed by atoms with Gasteiger partial charge in [0, 0.05) is 0 Å². The van der Waals surface area contributed by atoms with Crippen LogP contribution < -0.4 is 0 Å². The molecule has 0 amide bonds. The summed E-state index contributed by atoms with van der Waals surface area (Å²) in [5.41, 5.74) is 0. The van der Waals surface area contributed by atoms with Gasteiger partial charge in [-0.3, -0.25) is 9.13 Å². The number of unbranched alkanes of at least 4 members (excludes halogenated alkanes) is 9. The first-order chi connectivity index (χ1) is 10.1. The van der Waals surface area contributed by atoms with Crippen molar-refractivity contribution in [1.82, 2.24) is 0 Å². The molecule has 0 bridgehead atoms. The Morgan fingerprint density at radius 3 is 1.32 bits per heavy atom. The molecular weight excluding hydrogens is 330 g/mol. The monoisotopic (exact) mass is 360 g/mol. The normalized spacial score (nSPS) is 13.5. The van der Waals surface area contributed by atoms with E-state index < -0.39 is 26.7 Å². The molecule has 0 aliphatic carbocycles. The fraction of sp³-hybridized carbons (Fsp3) is 1.00. The SMILES string of the molecule is CCCCCCCCCCCCC(O)(P(=O)(O)O)P(=O)(O)O. The summed E-state index contributed by atoms with van der Waals surface area (Å²) in [6.07, 6.45) is 9.13. The van der Waals surface area contributed by atoms with E-state index in [1.165, 1.54) is 25.7 Å². The third-order valence-electron chi connectivity index (χ3n) is 3.80. The second-order valence-corrected chi connectivity index (χ2v) is 9.80. The Kier molecular flexibility index (Phi) is 10.3. The highest BCUT2D eigenvalue weighted by Crippen LogP contribution is 2.69. The summed E-state index contributed by atoms with van der Waals surface area (Å²) in [5, 5.41) is 6.43. The minimum Gasteiger partial charge on any atom is -0.368 e. The molecule has 0 heterocycles. The summed E-state index contributed by atoms with van der Waals surface area (Å²) in [4.78, 5) is 35.9. The van der Waals surface area contributed by atoms with Crippen molar-refractivity contribution in [3.8, 4) is 0 Å². The maximum atomic E-state index is 11.1. The van der Waals surface area contributed by atoms with Crippen LogP contribution in [0.3, 0.4) is 0 Å². The maximum Gasteiger partial charge on any atom is 0.369 e. The van der Waals surface area contributed by atoms with Crippen LogP contribution in [0.1, 0.15) is 77.6 Å². The summed E-state index contributed by atoms with van der Waals surface area (Å²) >= 11 is 0. The first-order valence-electron chi connectivity index (χ1n) is 7.90. The third kappa shape index (κ3) is 7.69. The smallest absolute Gasteiger partial charge is 0.368 e. The van der Waals surface area contributed by atoms with Crippen molar-refractivity contribution in [2.75, 3.05) is 0 Å². The van der Waals surface area contributed by atoms with Crippen molar-refractivity contribution in [1.29, 1.82) is 0 Å². The lowest BCUT2D eigenvalue weighted by Gasteiger charge is -2.29. The van der Waals surface area contributed by atoms with Crippen molar-refractivity contribution in [3.63, 3.8) is 0 Å². The van der Waals surface area contributed by atoms with Gasteiger partial charge in [0.2, 0.25) is 0 Å². The predicted molar refractivity (Wildman–Crippen MR) is 85.5 cm³/mol. The van der Waals surface area contributed by atoms with Crippen LogP contribution >= 0.6 is 15.2 Å². The van der Waals surface area contributed by atoms with Crippen LogP contribution in [0.25, 0.3) is 0 Å². The number of aliphatic hydroxyl groups is 1. The fourth-order valence-electron chi connectivity index (χ4n) is 2.31. The standard InChI is InChI=1S/C13H30O7P2/c1-2-3-4-5-6-7-8-9-10-11-12-13(14,21(15,16)17)22(18,19)20/h14H,2-12H2,1H3,(H2,15,16,17)(H2,18,19,20). The van der Waals surface area contributed by atoms with Gasteiger partial charge in [0.15, 0.2) is 0 Å². The highest BCUT2D eigenvalue weighted by molar-refractivity contribution is 7.72. The van der Waals surface area contributed by atoms with E-state index in [4.69, 9.17) is 19.6 Å². The third-order valence-corrected chi connectivity index (χ3v) is 7.68. The van der Waals surface area contributed by atoms with Gasteiger partial charge in [-0.1, -0.05) is 64.7 Å². The molecule has 0 atom stereocenters. The molecular formula is C13H30O7P2. The largest absolute Gasteiger partial charge is 0.369 e. The van der Waals surface area contributed by atoms with Crippen LogP contribution in [0, 0.1) is 0 Å².